The molecule has 1 unspecified atom stereocenters. The molecule has 0 saturated carbocycles. The van der Waals surface area contributed by atoms with Gasteiger partial charge in [-0.25, -0.2) is 4.79 Å². The average Bonchev–Trinajstić information content (AvgIpc) is 2.18. The fourth-order valence-electron chi connectivity index (χ4n) is 0.965. The number of carbonyl (C=O) groups excluding carboxylic acids is 1. The summed E-state index contributed by atoms with van der Waals surface area (Å²) in [6, 6.07) is 6.41. The highest BCUT2D eigenvalue weighted by atomic mass is 32.2. The van der Waals surface area contributed by atoms with Gasteiger partial charge in [-0.1, -0.05) is 6.07 Å². The number of hydrogen-bond acceptors (Lipinski definition) is 3. The number of primary amides is 1. The molecule has 4 nitrogen and oxygen atoms in total. The minimum Gasteiger partial charge on any atom is -0.478 e. The van der Waals surface area contributed by atoms with Crippen LogP contribution in [0.3, 0.4) is 0 Å². The van der Waals surface area contributed by atoms with Crippen LogP contribution in [0.25, 0.3) is 0 Å². The van der Waals surface area contributed by atoms with Gasteiger partial charge in [-0.15, -0.1) is 11.8 Å². The van der Waals surface area contributed by atoms with Crippen molar-refractivity contribution in [2.75, 3.05) is 0 Å². The maximum Gasteiger partial charge on any atom is 0.335 e. The van der Waals surface area contributed by atoms with Gasteiger partial charge >= 0.3 is 5.97 Å². The standard InChI is InChI=1S/C10H11NO3S/c1-6(9(11)12)15-8-4-2-3-7(5-8)10(13)14/h2-6H,1H3,(H2,11,12)(H,13,14). The molecule has 0 spiro atoms. The van der Waals surface area contributed by atoms with E-state index >= 15 is 0 Å². The summed E-state index contributed by atoms with van der Waals surface area (Å²) in [4.78, 5) is 22.2. The number of carboxylic acid groups (broad SMARTS) is 1. The van der Waals surface area contributed by atoms with Crippen LogP contribution < -0.4 is 5.73 Å². The van der Waals surface area contributed by atoms with Crippen molar-refractivity contribution in [2.24, 2.45) is 5.73 Å². The summed E-state index contributed by atoms with van der Waals surface area (Å²) in [5, 5.41) is 8.39. The van der Waals surface area contributed by atoms with Crippen LogP contribution in [-0.4, -0.2) is 22.2 Å². The van der Waals surface area contributed by atoms with Crippen molar-refractivity contribution < 1.29 is 14.7 Å². The van der Waals surface area contributed by atoms with E-state index in [1.165, 1.54) is 23.9 Å². The Hall–Kier alpha value is -1.49. The lowest BCUT2D eigenvalue weighted by Gasteiger charge is -2.06. The number of thioether (sulfide) groups is 1. The predicted molar refractivity (Wildman–Crippen MR) is 57.9 cm³/mol. The van der Waals surface area contributed by atoms with Gasteiger partial charge in [-0.2, -0.15) is 0 Å². The van der Waals surface area contributed by atoms with Crippen molar-refractivity contribution in [1.82, 2.24) is 0 Å². The van der Waals surface area contributed by atoms with E-state index in [9.17, 15) is 9.59 Å². The molecule has 1 atom stereocenters. The number of rotatable bonds is 4. The number of hydrogen-bond donors (Lipinski definition) is 2. The molecule has 0 aliphatic carbocycles. The highest BCUT2D eigenvalue weighted by molar-refractivity contribution is 8.00. The SMILES string of the molecule is CC(Sc1cccc(C(=O)O)c1)C(N)=O. The van der Waals surface area contributed by atoms with Gasteiger partial charge in [0.25, 0.3) is 0 Å². The zero-order valence-corrected chi connectivity index (χ0v) is 8.95. The highest BCUT2D eigenvalue weighted by Crippen LogP contribution is 2.23. The molecule has 0 bridgehead atoms. The Labute approximate surface area is 91.5 Å². The van der Waals surface area contributed by atoms with Gasteiger partial charge in [0.05, 0.1) is 10.8 Å². The van der Waals surface area contributed by atoms with E-state index in [1.807, 2.05) is 0 Å². The van der Waals surface area contributed by atoms with Crippen molar-refractivity contribution >= 4 is 23.6 Å². The average molecular weight is 225 g/mol. The lowest BCUT2D eigenvalue weighted by Crippen LogP contribution is -2.22. The van der Waals surface area contributed by atoms with Gasteiger partial charge in [0.2, 0.25) is 5.91 Å². The van der Waals surface area contributed by atoms with Gasteiger partial charge in [0, 0.05) is 4.90 Å². The Kier molecular flexibility index (Phi) is 3.74. The van der Waals surface area contributed by atoms with Gasteiger partial charge in [-0.3, -0.25) is 4.79 Å². The van der Waals surface area contributed by atoms with Crippen LogP contribution in [0.2, 0.25) is 0 Å². The molecule has 1 aromatic rings. The third-order valence-electron chi connectivity index (χ3n) is 1.79. The zero-order chi connectivity index (χ0) is 11.4. The van der Waals surface area contributed by atoms with E-state index in [4.69, 9.17) is 10.8 Å². The fourth-order valence-corrected chi connectivity index (χ4v) is 1.84. The summed E-state index contributed by atoms with van der Waals surface area (Å²) in [5.41, 5.74) is 5.31. The Morgan fingerprint density at radius 1 is 1.47 bits per heavy atom. The molecule has 1 aromatic carbocycles. The second kappa shape index (κ2) is 4.84. The molecule has 0 aromatic heterocycles. The molecule has 0 heterocycles. The van der Waals surface area contributed by atoms with Crippen molar-refractivity contribution in [2.45, 2.75) is 17.1 Å². The number of nitrogens with two attached hydrogens (primary N) is 1. The first-order valence-corrected chi connectivity index (χ1v) is 5.18. The summed E-state index contributed by atoms with van der Waals surface area (Å²) in [7, 11) is 0. The van der Waals surface area contributed by atoms with Gasteiger partial charge in [-0.05, 0) is 25.1 Å². The van der Waals surface area contributed by atoms with E-state index in [0.29, 0.717) is 0 Å². The van der Waals surface area contributed by atoms with Crippen molar-refractivity contribution in [3.8, 4) is 0 Å². The van der Waals surface area contributed by atoms with E-state index in [0.717, 1.165) is 4.90 Å². The highest BCUT2D eigenvalue weighted by Gasteiger charge is 2.11. The molecule has 0 fully saturated rings. The van der Waals surface area contributed by atoms with Crippen LogP contribution in [0, 0.1) is 0 Å². The van der Waals surface area contributed by atoms with Crippen molar-refractivity contribution in [1.29, 1.82) is 0 Å². The number of carbonyl (C=O) groups is 2. The summed E-state index contributed by atoms with van der Waals surface area (Å²) < 4.78 is 0. The second-order valence-electron chi connectivity index (χ2n) is 3.00. The fraction of sp³-hybridized carbons (Fsp3) is 0.200. The summed E-state index contributed by atoms with van der Waals surface area (Å²) in [5.74, 6) is -1.40. The molecular weight excluding hydrogens is 214 g/mol. The Bertz CT molecular complexity index is 392. The van der Waals surface area contributed by atoms with Gasteiger partial charge < -0.3 is 10.8 Å². The molecule has 0 saturated heterocycles. The molecule has 15 heavy (non-hydrogen) atoms. The molecule has 3 N–H and O–H groups in total. The van der Waals surface area contributed by atoms with E-state index in [2.05, 4.69) is 0 Å². The third kappa shape index (κ3) is 3.28. The van der Waals surface area contributed by atoms with Crippen molar-refractivity contribution in [3.05, 3.63) is 29.8 Å². The number of aromatic carboxylic acids is 1. The number of benzene rings is 1. The first kappa shape index (κ1) is 11.6. The van der Waals surface area contributed by atoms with E-state index in [-0.39, 0.29) is 10.8 Å². The molecule has 0 aliphatic rings. The van der Waals surface area contributed by atoms with Gasteiger partial charge in [0.15, 0.2) is 0 Å². The minimum absolute atomic E-state index is 0.205. The topological polar surface area (TPSA) is 80.4 Å². The molecule has 80 valence electrons. The Balaban J connectivity index is 2.82. The largest absolute Gasteiger partial charge is 0.478 e. The minimum atomic E-state index is -0.982. The molecule has 0 radical (unpaired) electrons. The van der Waals surface area contributed by atoms with Crippen molar-refractivity contribution in [3.63, 3.8) is 0 Å². The van der Waals surface area contributed by atoms with Crippen LogP contribution in [0.15, 0.2) is 29.2 Å². The molecular formula is C10H11NO3S. The first-order chi connectivity index (χ1) is 7.00. The third-order valence-corrected chi connectivity index (χ3v) is 2.91. The lowest BCUT2D eigenvalue weighted by atomic mass is 10.2. The van der Waals surface area contributed by atoms with Crippen LogP contribution in [0.4, 0.5) is 0 Å². The van der Waals surface area contributed by atoms with Crippen LogP contribution in [0.1, 0.15) is 17.3 Å². The molecule has 0 aliphatic heterocycles. The summed E-state index contributed by atoms with van der Waals surface area (Å²) in [6.07, 6.45) is 0. The zero-order valence-electron chi connectivity index (χ0n) is 8.14. The normalized spacial score (nSPS) is 12.1. The smallest absolute Gasteiger partial charge is 0.335 e. The Morgan fingerprint density at radius 3 is 2.67 bits per heavy atom. The number of carboxylic acids is 1. The first-order valence-electron chi connectivity index (χ1n) is 4.30. The quantitative estimate of drug-likeness (QED) is 0.758. The van der Waals surface area contributed by atoms with Crippen LogP contribution >= 0.6 is 11.8 Å². The van der Waals surface area contributed by atoms with Gasteiger partial charge in [0.1, 0.15) is 0 Å². The predicted octanol–water partition coefficient (Wildman–Crippen LogP) is 1.35. The lowest BCUT2D eigenvalue weighted by molar-refractivity contribution is -0.117. The second-order valence-corrected chi connectivity index (χ2v) is 4.41. The molecule has 5 heteroatoms. The Morgan fingerprint density at radius 2 is 2.13 bits per heavy atom. The maximum absolute atomic E-state index is 10.8. The van der Waals surface area contributed by atoms with Crippen LogP contribution in [-0.2, 0) is 4.79 Å². The van der Waals surface area contributed by atoms with E-state index in [1.54, 1.807) is 19.1 Å². The monoisotopic (exact) mass is 225 g/mol. The molecule has 1 rings (SSSR count). The summed E-state index contributed by atoms with van der Waals surface area (Å²) in [6.45, 7) is 1.68. The number of amides is 1. The summed E-state index contributed by atoms with van der Waals surface area (Å²) >= 11 is 1.25. The van der Waals surface area contributed by atoms with Crippen LogP contribution in [0.5, 0.6) is 0 Å². The maximum atomic E-state index is 10.8. The van der Waals surface area contributed by atoms with E-state index < -0.39 is 11.9 Å². The molecule has 1 amide bonds.